The smallest absolute Gasteiger partial charge is 0.0707 e. The first-order valence-corrected chi connectivity index (χ1v) is 7.53. The Morgan fingerprint density at radius 3 is 2.33 bits per heavy atom. The van der Waals surface area contributed by atoms with Crippen LogP contribution in [0.25, 0.3) is 0 Å². The monoisotopic (exact) mass is 257 g/mol. The van der Waals surface area contributed by atoms with Crippen LogP contribution in [0.5, 0.6) is 0 Å². The molecule has 1 saturated carbocycles. The van der Waals surface area contributed by atoms with Crippen molar-refractivity contribution in [1.82, 2.24) is 5.32 Å². The molecule has 0 bridgehead atoms. The Morgan fingerprint density at radius 1 is 0.944 bits per heavy atom. The highest BCUT2D eigenvalue weighted by Gasteiger charge is 2.19. The summed E-state index contributed by atoms with van der Waals surface area (Å²) in [4.78, 5) is 0. The lowest BCUT2D eigenvalue weighted by Gasteiger charge is -2.19. The molecule has 0 radical (unpaired) electrons. The average Bonchev–Trinajstić information content (AvgIpc) is 3.08. The first-order chi connectivity index (χ1) is 8.58. The second-order valence-corrected chi connectivity index (χ2v) is 6.22. The minimum Gasteiger partial charge on any atom is -0.379 e. The van der Waals surface area contributed by atoms with Gasteiger partial charge in [0.1, 0.15) is 0 Å². The molecular formula is C15H31NO2. The predicted octanol–water partition coefficient (Wildman–Crippen LogP) is 3.13. The summed E-state index contributed by atoms with van der Waals surface area (Å²) < 4.78 is 11.1. The molecule has 0 aromatic heterocycles. The van der Waals surface area contributed by atoms with Gasteiger partial charge in [0.25, 0.3) is 0 Å². The lowest BCUT2D eigenvalue weighted by Crippen LogP contribution is -2.21. The van der Waals surface area contributed by atoms with Gasteiger partial charge in [0.15, 0.2) is 0 Å². The highest BCUT2D eigenvalue weighted by Crippen LogP contribution is 2.18. The van der Waals surface area contributed by atoms with E-state index in [4.69, 9.17) is 9.47 Å². The number of nitrogens with one attached hydrogen (secondary N) is 1. The van der Waals surface area contributed by atoms with Crippen molar-refractivity contribution in [3.63, 3.8) is 0 Å². The molecule has 1 aliphatic rings. The topological polar surface area (TPSA) is 30.5 Å². The molecule has 0 atom stereocenters. The molecule has 0 aromatic rings. The number of hydrogen-bond acceptors (Lipinski definition) is 3. The summed E-state index contributed by atoms with van der Waals surface area (Å²) >= 11 is 0. The maximum Gasteiger partial charge on any atom is 0.0707 e. The number of ether oxygens (including phenoxy) is 2. The van der Waals surface area contributed by atoms with Gasteiger partial charge < -0.3 is 14.8 Å². The molecule has 0 spiro atoms. The third-order valence-electron chi connectivity index (χ3n) is 2.99. The van der Waals surface area contributed by atoms with E-state index in [0.717, 1.165) is 19.3 Å². The van der Waals surface area contributed by atoms with Crippen LogP contribution in [0.4, 0.5) is 0 Å². The molecule has 3 heteroatoms. The van der Waals surface area contributed by atoms with Gasteiger partial charge in [0.05, 0.1) is 18.8 Å². The molecule has 0 amide bonds. The minimum absolute atomic E-state index is 0.0437. The lowest BCUT2D eigenvalue weighted by atomic mass is 10.2. The second kappa shape index (κ2) is 8.89. The van der Waals surface area contributed by atoms with Crippen LogP contribution in [0.15, 0.2) is 0 Å². The van der Waals surface area contributed by atoms with Crippen molar-refractivity contribution in [2.45, 2.75) is 70.9 Å². The van der Waals surface area contributed by atoms with E-state index in [1.807, 2.05) is 0 Å². The van der Waals surface area contributed by atoms with Crippen molar-refractivity contribution >= 4 is 0 Å². The Morgan fingerprint density at radius 2 is 1.67 bits per heavy atom. The van der Waals surface area contributed by atoms with Crippen LogP contribution >= 0.6 is 0 Å². The molecule has 1 fully saturated rings. The molecule has 18 heavy (non-hydrogen) atoms. The Kier molecular flexibility index (Phi) is 7.87. The van der Waals surface area contributed by atoms with Crippen molar-refractivity contribution in [2.75, 3.05) is 26.4 Å². The van der Waals surface area contributed by atoms with Crippen molar-refractivity contribution in [3.8, 4) is 0 Å². The molecule has 108 valence electrons. The van der Waals surface area contributed by atoms with E-state index in [2.05, 4.69) is 26.1 Å². The summed E-state index contributed by atoms with van der Waals surface area (Å²) in [5.74, 6) is 0. The number of unbranched alkanes of at least 4 members (excludes halogenated alkanes) is 3. The summed E-state index contributed by atoms with van der Waals surface area (Å²) in [7, 11) is 0. The van der Waals surface area contributed by atoms with Crippen molar-refractivity contribution in [2.24, 2.45) is 0 Å². The fourth-order valence-corrected chi connectivity index (χ4v) is 1.79. The van der Waals surface area contributed by atoms with Gasteiger partial charge in [-0.3, -0.25) is 0 Å². The summed E-state index contributed by atoms with van der Waals surface area (Å²) in [6, 6.07) is 0.858. The molecule has 0 aromatic carbocycles. The highest BCUT2D eigenvalue weighted by molar-refractivity contribution is 4.80. The third kappa shape index (κ3) is 11.0. The van der Waals surface area contributed by atoms with Gasteiger partial charge in [-0.25, -0.2) is 0 Å². The van der Waals surface area contributed by atoms with Gasteiger partial charge in [-0.2, -0.15) is 0 Å². The number of rotatable bonds is 11. The molecule has 0 heterocycles. The van der Waals surface area contributed by atoms with Crippen LogP contribution in [0.1, 0.15) is 59.3 Å². The third-order valence-corrected chi connectivity index (χ3v) is 2.99. The zero-order valence-corrected chi connectivity index (χ0v) is 12.5. The van der Waals surface area contributed by atoms with E-state index in [1.165, 1.54) is 45.1 Å². The van der Waals surface area contributed by atoms with Gasteiger partial charge in [0.2, 0.25) is 0 Å². The summed E-state index contributed by atoms with van der Waals surface area (Å²) in [6.07, 6.45) is 7.88. The Labute approximate surface area is 113 Å². The maximum atomic E-state index is 5.58. The normalized spacial score (nSPS) is 16.2. The van der Waals surface area contributed by atoms with Crippen LogP contribution in [0, 0.1) is 0 Å². The molecule has 1 rings (SSSR count). The average molecular weight is 257 g/mol. The Balaban J connectivity index is 1.67. The fraction of sp³-hybridized carbons (Fsp3) is 1.00. The molecular weight excluding hydrogens is 226 g/mol. The standard InChI is InChI=1S/C15H31NO2/c1-15(2,3)18-13-12-17-11-7-5-4-6-10-16-14-8-9-14/h14,16H,4-13H2,1-3H3. The van der Waals surface area contributed by atoms with Crippen LogP contribution in [0.2, 0.25) is 0 Å². The first kappa shape index (κ1) is 15.9. The molecule has 1 aliphatic carbocycles. The van der Waals surface area contributed by atoms with E-state index in [1.54, 1.807) is 0 Å². The molecule has 0 unspecified atom stereocenters. The minimum atomic E-state index is -0.0437. The highest BCUT2D eigenvalue weighted by atomic mass is 16.5. The molecule has 3 nitrogen and oxygen atoms in total. The second-order valence-electron chi connectivity index (χ2n) is 6.22. The van der Waals surface area contributed by atoms with Crippen LogP contribution < -0.4 is 5.32 Å². The van der Waals surface area contributed by atoms with Crippen LogP contribution in [0.3, 0.4) is 0 Å². The van der Waals surface area contributed by atoms with Gasteiger partial charge in [-0.05, 0) is 53.0 Å². The zero-order valence-electron chi connectivity index (χ0n) is 12.5. The lowest BCUT2D eigenvalue weighted by molar-refractivity contribution is -0.0351. The van der Waals surface area contributed by atoms with Crippen molar-refractivity contribution in [1.29, 1.82) is 0 Å². The van der Waals surface area contributed by atoms with E-state index < -0.39 is 0 Å². The van der Waals surface area contributed by atoms with E-state index in [0.29, 0.717) is 6.61 Å². The molecule has 0 aliphatic heterocycles. The van der Waals surface area contributed by atoms with Crippen LogP contribution in [-0.4, -0.2) is 38.0 Å². The van der Waals surface area contributed by atoms with E-state index in [-0.39, 0.29) is 5.60 Å². The predicted molar refractivity (Wildman–Crippen MR) is 76.0 cm³/mol. The zero-order chi connectivity index (χ0) is 13.3. The van der Waals surface area contributed by atoms with Crippen molar-refractivity contribution < 1.29 is 9.47 Å². The van der Waals surface area contributed by atoms with Gasteiger partial charge in [0, 0.05) is 12.6 Å². The summed E-state index contributed by atoms with van der Waals surface area (Å²) in [6.45, 7) is 9.72. The fourth-order valence-electron chi connectivity index (χ4n) is 1.79. The Hall–Kier alpha value is -0.120. The SMILES string of the molecule is CC(C)(C)OCCOCCCCCCNC1CC1. The number of hydrogen-bond donors (Lipinski definition) is 1. The Bertz CT molecular complexity index is 197. The summed E-state index contributed by atoms with van der Waals surface area (Å²) in [5, 5.41) is 3.54. The molecule has 1 N–H and O–H groups in total. The first-order valence-electron chi connectivity index (χ1n) is 7.53. The van der Waals surface area contributed by atoms with Gasteiger partial charge >= 0.3 is 0 Å². The quantitative estimate of drug-likeness (QED) is 0.577. The molecule has 0 saturated heterocycles. The van der Waals surface area contributed by atoms with Crippen LogP contribution in [-0.2, 0) is 9.47 Å². The largest absolute Gasteiger partial charge is 0.379 e. The van der Waals surface area contributed by atoms with Crippen molar-refractivity contribution in [3.05, 3.63) is 0 Å². The van der Waals surface area contributed by atoms with E-state index in [9.17, 15) is 0 Å². The van der Waals surface area contributed by atoms with E-state index >= 15 is 0 Å². The van der Waals surface area contributed by atoms with Gasteiger partial charge in [-0.15, -0.1) is 0 Å². The van der Waals surface area contributed by atoms with Gasteiger partial charge in [-0.1, -0.05) is 12.8 Å². The maximum absolute atomic E-state index is 5.58. The summed E-state index contributed by atoms with van der Waals surface area (Å²) in [5.41, 5.74) is -0.0437.